The van der Waals surface area contributed by atoms with E-state index in [1.165, 1.54) is 11.1 Å². The first-order chi connectivity index (χ1) is 11.8. The first kappa shape index (κ1) is 15.3. The summed E-state index contributed by atoms with van der Waals surface area (Å²) in [5.41, 5.74) is 4.57. The molecule has 1 saturated heterocycles. The third kappa shape index (κ3) is 2.91. The molecule has 3 nitrogen and oxygen atoms in total. The van der Waals surface area contributed by atoms with E-state index in [0.717, 1.165) is 56.4 Å². The predicted octanol–water partition coefficient (Wildman–Crippen LogP) is 3.89. The SMILES string of the molecule is O=C(c1cccc2c1CCCN2)N1CCCC1Cc1ccccc1. The average Bonchev–Trinajstić information content (AvgIpc) is 3.09. The molecule has 0 aromatic heterocycles. The van der Waals surface area contributed by atoms with E-state index in [0.29, 0.717) is 6.04 Å². The lowest BCUT2D eigenvalue weighted by Crippen LogP contribution is -2.37. The Labute approximate surface area is 143 Å². The minimum Gasteiger partial charge on any atom is -0.385 e. The highest BCUT2D eigenvalue weighted by molar-refractivity contribution is 5.97. The van der Waals surface area contributed by atoms with Crippen molar-refractivity contribution < 1.29 is 4.79 Å². The second-order valence-electron chi connectivity index (χ2n) is 6.85. The summed E-state index contributed by atoms with van der Waals surface area (Å²) in [4.78, 5) is 15.3. The smallest absolute Gasteiger partial charge is 0.254 e. The predicted molar refractivity (Wildman–Crippen MR) is 97.5 cm³/mol. The Bertz CT molecular complexity index is 726. The number of rotatable bonds is 3. The molecule has 0 spiro atoms. The zero-order valence-electron chi connectivity index (χ0n) is 14.0. The molecule has 2 aromatic carbocycles. The van der Waals surface area contributed by atoms with Gasteiger partial charge in [0.05, 0.1) is 0 Å². The van der Waals surface area contributed by atoms with Gasteiger partial charge in [0.25, 0.3) is 5.91 Å². The molecular weight excluding hydrogens is 296 g/mol. The number of nitrogens with one attached hydrogen (secondary N) is 1. The Hall–Kier alpha value is -2.29. The number of likely N-dealkylation sites (tertiary alicyclic amines) is 1. The molecule has 0 aliphatic carbocycles. The number of fused-ring (bicyclic) bond motifs is 1. The first-order valence-electron chi connectivity index (χ1n) is 9.03. The van der Waals surface area contributed by atoms with Gasteiger partial charge < -0.3 is 10.2 Å². The van der Waals surface area contributed by atoms with Crippen LogP contribution in [0.5, 0.6) is 0 Å². The molecule has 4 rings (SSSR count). The fourth-order valence-electron chi connectivity index (χ4n) is 4.07. The van der Waals surface area contributed by atoms with Crippen LogP contribution >= 0.6 is 0 Å². The Morgan fingerprint density at radius 1 is 1.08 bits per heavy atom. The second-order valence-corrected chi connectivity index (χ2v) is 6.85. The lowest BCUT2D eigenvalue weighted by atomic mass is 9.96. The lowest BCUT2D eigenvalue weighted by molar-refractivity contribution is 0.0735. The molecule has 1 N–H and O–H groups in total. The molecule has 2 heterocycles. The summed E-state index contributed by atoms with van der Waals surface area (Å²) in [5, 5.41) is 3.43. The van der Waals surface area contributed by atoms with Crippen molar-refractivity contribution in [1.29, 1.82) is 0 Å². The van der Waals surface area contributed by atoms with Crippen LogP contribution in [0.2, 0.25) is 0 Å². The van der Waals surface area contributed by atoms with Crippen molar-refractivity contribution in [3.05, 3.63) is 65.2 Å². The molecule has 2 aliphatic heterocycles. The van der Waals surface area contributed by atoms with Gasteiger partial charge in [0, 0.05) is 30.4 Å². The molecule has 2 aromatic rings. The van der Waals surface area contributed by atoms with Gasteiger partial charge in [-0.2, -0.15) is 0 Å². The van der Waals surface area contributed by atoms with Crippen molar-refractivity contribution in [1.82, 2.24) is 4.90 Å². The van der Waals surface area contributed by atoms with E-state index in [2.05, 4.69) is 40.5 Å². The van der Waals surface area contributed by atoms with Gasteiger partial charge in [-0.3, -0.25) is 4.79 Å². The van der Waals surface area contributed by atoms with Crippen LogP contribution < -0.4 is 5.32 Å². The molecule has 1 fully saturated rings. The molecule has 2 aliphatic rings. The monoisotopic (exact) mass is 320 g/mol. The Balaban J connectivity index is 1.57. The number of amides is 1. The largest absolute Gasteiger partial charge is 0.385 e. The summed E-state index contributed by atoms with van der Waals surface area (Å²) in [5.74, 6) is 0.217. The quantitative estimate of drug-likeness (QED) is 0.930. The van der Waals surface area contributed by atoms with Crippen LogP contribution in [-0.2, 0) is 12.8 Å². The van der Waals surface area contributed by atoms with E-state index in [1.807, 2.05) is 18.2 Å². The number of benzene rings is 2. The highest BCUT2D eigenvalue weighted by atomic mass is 16.2. The van der Waals surface area contributed by atoms with Gasteiger partial charge in [-0.05, 0) is 55.4 Å². The maximum absolute atomic E-state index is 13.2. The number of hydrogen-bond acceptors (Lipinski definition) is 2. The topological polar surface area (TPSA) is 32.3 Å². The highest BCUT2D eigenvalue weighted by Gasteiger charge is 2.31. The molecule has 0 radical (unpaired) electrons. The van der Waals surface area contributed by atoms with E-state index in [9.17, 15) is 4.79 Å². The van der Waals surface area contributed by atoms with Crippen LogP contribution in [-0.4, -0.2) is 29.9 Å². The summed E-state index contributed by atoms with van der Waals surface area (Å²) >= 11 is 0. The summed E-state index contributed by atoms with van der Waals surface area (Å²) in [6, 6.07) is 17.0. The molecule has 24 heavy (non-hydrogen) atoms. The summed E-state index contributed by atoms with van der Waals surface area (Å²) < 4.78 is 0. The third-order valence-electron chi connectivity index (χ3n) is 5.28. The van der Waals surface area contributed by atoms with Crippen molar-refractivity contribution in [3.8, 4) is 0 Å². The maximum atomic E-state index is 13.2. The van der Waals surface area contributed by atoms with Crippen molar-refractivity contribution in [3.63, 3.8) is 0 Å². The number of carbonyl (C=O) groups excluding carboxylic acids is 1. The van der Waals surface area contributed by atoms with Crippen LogP contribution in [0.25, 0.3) is 0 Å². The lowest BCUT2D eigenvalue weighted by Gasteiger charge is -2.27. The molecule has 3 heteroatoms. The van der Waals surface area contributed by atoms with Gasteiger partial charge in [0.1, 0.15) is 0 Å². The van der Waals surface area contributed by atoms with E-state index >= 15 is 0 Å². The second kappa shape index (κ2) is 6.68. The number of carbonyl (C=O) groups is 1. The first-order valence-corrected chi connectivity index (χ1v) is 9.03. The third-order valence-corrected chi connectivity index (χ3v) is 5.28. The molecule has 124 valence electrons. The van der Waals surface area contributed by atoms with Crippen molar-refractivity contribution in [2.24, 2.45) is 0 Å². The van der Waals surface area contributed by atoms with Crippen molar-refractivity contribution in [2.75, 3.05) is 18.4 Å². The summed E-state index contributed by atoms with van der Waals surface area (Å²) in [6.07, 6.45) is 5.27. The van der Waals surface area contributed by atoms with E-state index in [-0.39, 0.29) is 5.91 Å². The number of hydrogen-bond donors (Lipinski definition) is 1. The maximum Gasteiger partial charge on any atom is 0.254 e. The Kier molecular flexibility index (Phi) is 4.24. The molecule has 1 unspecified atom stereocenters. The van der Waals surface area contributed by atoms with Crippen LogP contribution in [0.15, 0.2) is 48.5 Å². The molecule has 0 bridgehead atoms. The highest BCUT2D eigenvalue weighted by Crippen LogP contribution is 2.29. The summed E-state index contributed by atoms with van der Waals surface area (Å²) in [7, 11) is 0. The Morgan fingerprint density at radius 2 is 1.96 bits per heavy atom. The van der Waals surface area contributed by atoms with E-state index in [4.69, 9.17) is 0 Å². The molecule has 1 atom stereocenters. The van der Waals surface area contributed by atoms with Gasteiger partial charge in [0.2, 0.25) is 0 Å². The van der Waals surface area contributed by atoms with E-state index < -0.39 is 0 Å². The van der Waals surface area contributed by atoms with Gasteiger partial charge >= 0.3 is 0 Å². The number of nitrogens with zero attached hydrogens (tertiary/aromatic N) is 1. The van der Waals surface area contributed by atoms with Crippen LogP contribution in [0.3, 0.4) is 0 Å². The minimum absolute atomic E-state index is 0.217. The van der Waals surface area contributed by atoms with Crippen molar-refractivity contribution in [2.45, 2.75) is 38.1 Å². The van der Waals surface area contributed by atoms with Gasteiger partial charge in [-0.1, -0.05) is 36.4 Å². The van der Waals surface area contributed by atoms with E-state index in [1.54, 1.807) is 0 Å². The number of anilines is 1. The average molecular weight is 320 g/mol. The minimum atomic E-state index is 0.217. The fraction of sp³-hybridized carbons (Fsp3) is 0.381. The molecular formula is C21H24N2O. The Morgan fingerprint density at radius 3 is 2.83 bits per heavy atom. The van der Waals surface area contributed by atoms with Crippen LogP contribution in [0, 0.1) is 0 Å². The van der Waals surface area contributed by atoms with Crippen LogP contribution in [0.4, 0.5) is 5.69 Å². The fourth-order valence-corrected chi connectivity index (χ4v) is 4.07. The zero-order valence-corrected chi connectivity index (χ0v) is 14.0. The standard InChI is InChI=1S/C21H24N2O/c24-21(19-10-4-12-20-18(19)11-5-13-22-20)23-14-6-9-17(23)15-16-7-2-1-3-8-16/h1-4,7-8,10,12,17,22H,5-6,9,11,13-15H2. The zero-order chi connectivity index (χ0) is 16.4. The van der Waals surface area contributed by atoms with Gasteiger partial charge in [-0.25, -0.2) is 0 Å². The van der Waals surface area contributed by atoms with Crippen molar-refractivity contribution >= 4 is 11.6 Å². The summed E-state index contributed by atoms with van der Waals surface area (Å²) in [6.45, 7) is 1.89. The normalized spacial score (nSPS) is 19.7. The van der Waals surface area contributed by atoms with Gasteiger partial charge in [0.15, 0.2) is 0 Å². The van der Waals surface area contributed by atoms with Gasteiger partial charge in [-0.15, -0.1) is 0 Å². The molecule has 0 saturated carbocycles. The van der Waals surface area contributed by atoms with Crippen LogP contribution in [0.1, 0.15) is 40.7 Å². The molecule has 1 amide bonds.